The van der Waals surface area contributed by atoms with Gasteiger partial charge >= 0.3 is 0 Å². The summed E-state index contributed by atoms with van der Waals surface area (Å²) in [5.74, 6) is 0. The molecule has 0 unspecified atom stereocenters. The van der Waals surface area contributed by atoms with Crippen LogP contribution in [0, 0.1) is 0 Å². The Balaban J connectivity index is 2.39. The minimum atomic E-state index is -3.74. The summed E-state index contributed by atoms with van der Waals surface area (Å²) in [6.07, 6.45) is 3.18. The molecule has 0 atom stereocenters. The molecule has 0 aliphatic carbocycles. The molecule has 2 rings (SSSR count). The SMILES string of the molecule is Nc1ccc(S(N)(=O)=O)cc1Sc1ncccn1. The number of benzene rings is 1. The third-order valence-corrected chi connectivity index (χ3v) is 3.93. The molecule has 6 nitrogen and oxygen atoms in total. The third kappa shape index (κ3) is 2.97. The number of hydrogen-bond donors (Lipinski definition) is 2. The molecule has 0 aliphatic heterocycles. The molecular formula is C10H10N4O2S2. The monoisotopic (exact) mass is 282 g/mol. The van der Waals surface area contributed by atoms with E-state index >= 15 is 0 Å². The predicted molar refractivity (Wildman–Crippen MR) is 68.4 cm³/mol. The second kappa shape index (κ2) is 4.92. The van der Waals surface area contributed by atoms with E-state index < -0.39 is 10.0 Å². The Morgan fingerprint density at radius 2 is 1.83 bits per heavy atom. The molecule has 8 heteroatoms. The van der Waals surface area contributed by atoms with E-state index in [1.54, 1.807) is 18.5 Å². The standard InChI is InChI=1S/C10H10N4O2S2/c11-8-3-2-7(18(12,15)16)6-9(8)17-10-13-4-1-5-14-10/h1-6H,11H2,(H2,12,15,16). The molecule has 4 N–H and O–H groups in total. The second-order valence-corrected chi connectivity index (χ2v) is 5.95. The van der Waals surface area contributed by atoms with E-state index in [0.29, 0.717) is 15.7 Å². The molecule has 1 heterocycles. The van der Waals surface area contributed by atoms with Gasteiger partial charge in [-0.25, -0.2) is 23.5 Å². The van der Waals surface area contributed by atoms with Crippen molar-refractivity contribution < 1.29 is 8.42 Å². The number of anilines is 1. The highest BCUT2D eigenvalue weighted by molar-refractivity contribution is 7.99. The lowest BCUT2D eigenvalue weighted by Gasteiger charge is -2.06. The Labute approximate surface area is 108 Å². The van der Waals surface area contributed by atoms with Crippen LogP contribution in [0.25, 0.3) is 0 Å². The van der Waals surface area contributed by atoms with Crippen LogP contribution in [-0.2, 0) is 10.0 Å². The quantitative estimate of drug-likeness (QED) is 0.637. The van der Waals surface area contributed by atoms with Gasteiger partial charge in [-0.15, -0.1) is 0 Å². The zero-order valence-corrected chi connectivity index (χ0v) is 10.8. The van der Waals surface area contributed by atoms with E-state index in [4.69, 9.17) is 10.9 Å². The van der Waals surface area contributed by atoms with Crippen molar-refractivity contribution in [1.29, 1.82) is 0 Å². The molecule has 2 aromatic rings. The van der Waals surface area contributed by atoms with Crippen LogP contribution in [0.5, 0.6) is 0 Å². The van der Waals surface area contributed by atoms with Crippen LogP contribution in [0.4, 0.5) is 5.69 Å². The molecule has 0 bridgehead atoms. The van der Waals surface area contributed by atoms with Gasteiger partial charge in [0.2, 0.25) is 10.0 Å². The molecule has 0 spiro atoms. The average Bonchev–Trinajstić information content (AvgIpc) is 2.32. The molecule has 0 saturated carbocycles. The number of rotatable bonds is 3. The van der Waals surface area contributed by atoms with Gasteiger partial charge in [-0.05, 0) is 36.0 Å². The number of hydrogen-bond acceptors (Lipinski definition) is 6. The zero-order chi connectivity index (χ0) is 13.2. The maximum Gasteiger partial charge on any atom is 0.238 e. The van der Waals surface area contributed by atoms with Gasteiger partial charge in [0, 0.05) is 23.0 Å². The summed E-state index contributed by atoms with van der Waals surface area (Å²) in [5.41, 5.74) is 6.21. The van der Waals surface area contributed by atoms with Crippen molar-refractivity contribution in [1.82, 2.24) is 9.97 Å². The molecular weight excluding hydrogens is 272 g/mol. The fourth-order valence-electron chi connectivity index (χ4n) is 1.22. The Morgan fingerprint density at radius 3 is 2.44 bits per heavy atom. The minimum absolute atomic E-state index is 0.00938. The van der Waals surface area contributed by atoms with Crippen LogP contribution in [0.15, 0.2) is 51.6 Å². The first-order valence-corrected chi connectivity index (χ1v) is 7.20. The Bertz CT molecular complexity index is 659. The van der Waals surface area contributed by atoms with Crippen LogP contribution < -0.4 is 10.9 Å². The number of nitrogens with two attached hydrogens (primary N) is 2. The molecule has 0 aliphatic rings. The fraction of sp³-hybridized carbons (Fsp3) is 0. The van der Waals surface area contributed by atoms with Gasteiger partial charge in [-0.2, -0.15) is 0 Å². The van der Waals surface area contributed by atoms with Gasteiger partial charge in [-0.3, -0.25) is 0 Å². The normalized spacial score (nSPS) is 11.4. The number of primary sulfonamides is 1. The van der Waals surface area contributed by atoms with Crippen LogP contribution in [0.1, 0.15) is 0 Å². The summed E-state index contributed by atoms with van der Waals surface area (Å²) in [6, 6.07) is 5.95. The largest absolute Gasteiger partial charge is 0.398 e. The average molecular weight is 282 g/mol. The van der Waals surface area contributed by atoms with Gasteiger partial charge in [-0.1, -0.05) is 0 Å². The summed E-state index contributed by atoms with van der Waals surface area (Å²) >= 11 is 1.18. The minimum Gasteiger partial charge on any atom is -0.398 e. The fourth-order valence-corrected chi connectivity index (χ4v) is 2.63. The van der Waals surface area contributed by atoms with Crippen molar-refractivity contribution in [3.63, 3.8) is 0 Å². The van der Waals surface area contributed by atoms with E-state index in [2.05, 4.69) is 9.97 Å². The van der Waals surface area contributed by atoms with Crippen LogP contribution in [0.3, 0.4) is 0 Å². The summed E-state index contributed by atoms with van der Waals surface area (Å²) in [4.78, 5) is 8.60. The maximum absolute atomic E-state index is 11.2. The van der Waals surface area contributed by atoms with Crippen LogP contribution in [-0.4, -0.2) is 18.4 Å². The number of nitrogens with zero attached hydrogens (tertiary/aromatic N) is 2. The van der Waals surface area contributed by atoms with Gasteiger partial charge in [0.15, 0.2) is 5.16 Å². The maximum atomic E-state index is 11.2. The van der Waals surface area contributed by atoms with Crippen molar-refractivity contribution in [2.75, 3.05) is 5.73 Å². The highest BCUT2D eigenvalue weighted by Crippen LogP contribution is 2.31. The van der Waals surface area contributed by atoms with Gasteiger partial charge in [0.25, 0.3) is 0 Å². The van der Waals surface area contributed by atoms with Gasteiger partial charge < -0.3 is 5.73 Å². The summed E-state index contributed by atoms with van der Waals surface area (Å²) in [5, 5.41) is 5.54. The Morgan fingerprint density at radius 1 is 1.17 bits per heavy atom. The van der Waals surface area contributed by atoms with Crippen LogP contribution >= 0.6 is 11.8 Å². The molecule has 1 aromatic carbocycles. The molecule has 0 fully saturated rings. The van der Waals surface area contributed by atoms with Crippen molar-refractivity contribution in [2.24, 2.45) is 5.14 Å². The lowest BCUT2D eigenvalue weighted by molar-refractivity contribution is 0.597. The molecule has 1 aromatic heterocycles. The Hall–Kier alpha value is -1.64. The number of aromatic nitrogens is 2. The van der Waals surface area contributed by atoms with E-state index in [-0.39, 0.29) is 4.90 Å². The molecule has 18 heavy (non-hydrogen) atoms. The number of sulfonamides is 1. The first-order valence-electron chi connectivity index (χ1n) is 4.84. The predicted octanol–water partition coefficient (Wildman–Crippen LogP) is 0.857. The van der Waals surface area contributed by atoms with Crippen molar-refractivity contribution in [2.45, 2.75) is 14.9 Å². The summed E-state index contributed by atoms with van der Waals surface area (Å²) in [6.45, 7) is 0. The number of nitrogen functional groups attached to an aromatic ring is 1. The lowest BCUT2D eigenvalue weighted by Crippen LogP contribution is -2.12. The van der Waals surface area contributed by atoms with Crippen molar-refractivity contribution in [3.8, 4) is 0 Å². The second-order valence-electron chi connectivity index (χ2n) is 3.38. The Kier molecular flexibility index (Phi) is 3.50. The summed E-state index contributed by atoms with van der Waals surface area (Å²) < 4.78 is 22.5. The molecule has 0 radical (unpaired) electrons. The van der Waals surface area contributed by atoms with Gasteiger partial charge in [0.05, 0.1) is 4.90 Å². The van der Waals surface area contributed by atoms with Gasteiger partial charge in [0.1, 0.15) is 0 Å². The van der Waals surface area contributed by atoms with Crippen LogP contribution in [0.2, 0.25) is 0 Å². The van der Waals surface area contributed by atoms with E-state index in [1.165, 1.54) is 30.0 Å². The first kappa shape index (κ1) is 12.8. The van der Waals surface area contributed by atoms with E-state index in [9.17, 15) is 8.42 Å². The smallest absolute Gasteiger partial charge is 0.238 e. The topological polar surface area (TPSA) is 112 Å². The first-order chi connectivity index (χ1) is 8.47. The van der Waals surface area contributed by atoms with Crippen molar-refractivity contribution >= 4 is 27.5 Å². The zero-order valence-electron chi connectivity index (χ0n) is 9.15. The summed E-state index contributed by atoms with van der Waals surface area (Å²) in [7, 11) is -3.74. The van der Waals surface area contributed by atoms with E-state index in [0.717, 1.165) is 0 Å². The lowest BCUT2D eigenvalue weighted by atomic mass is 10.3. The highest BCUT2D eigenvalue weighted by Gasteiger charge is 2.11. The molecule has 0 amide bonds. The molecule has 94 valence electrons. The molecule has 0 saturated heterocycles. The van der Waals surface area contributed by atoms with Crippen molar-refractivity contribution in [3.05, 3.63) is 36.7 Å². The third-order valence-electron chi connectivity index (χ3n) is 2.06. The van der Waals surface area contributed by atoms with E-state index in [1.807, 2.05) is 0 Å². The highest BCUT2D eigenvalue weighted by atomic mass is 32.2.